The van der Waals surface area contributed by atoms with Gasteiger partial charge in [-0.1, -0.05) is 18.2 Å². The van der Waals surface area contributed by atoms with E-state index in [2.05, 4.69) is 41.9 Å². The Kier molecular flexibility index (Phi) is 7.73. The molecule has 2 heterocycles. The minimum Gasteiger partial charge on any atom is -0.493 e. The predicted molar refractivity (Wildman–Crippen MR) is 110 cm³/mol. The van der Waals surface area contributed by atoms with Gasteiger partial charge < -0.3 is 19.3 Å². The van der Waals surface area contributed by atoms with E-state index in [-0.39, 0.29) is 18.8 Å². The number of nitrogens with zero attached hydrogens (tertiary/aromatic N) is 2. The molecule has 1 aromatic carbocycles. The van der Waals surface area contributed by atoms with Crippen molar-refractivity contribution in [3.8, 4) is 11.5 Å². The van der Waals surface area contributed by atoms with Gasteiger partial charge in [0.05, 0.1) is 19.3 Å². The third-order valence-electron chi connectivity index (χ3n) is 5.17. The molecule has 2 aliphatic heterocycles. The van der Waals surface area contributed by atoms with E-state index in [9.17, 15) is 5.11 Å². The number of aliphatic hydroxyl groups excluding tert-OH is 1. The molecule has 1 unspecified atom stereocenters. The number of benzene rings is 1. The second-order valence-electron chi connectivity index (χ2n) is 7.92. The summed E-state index contributed by atoms with van der Waals surface area (Å²) in [6.07, 6.45) is 5.38. The highest BCUT2D eigenvalue weighted by atomic mass is 16.5. The van der Waals surface area contributed by atoms with Crippen molar-refractivity contribution in [3.63, 3.8) is 0 Å². The summed E-state index contributed by atoms with van der Waals surface area (Å²) in [5.41, 5.74) is 1.19. The molecule has 1 saturated heterocycles. The van der Waals surface area contributed by atoms with E-state index < -0.39 is 6.10 Å². The molecule has 1 aromatic rings. The molecule has 6 nitrogen and oxygen atoms in total. The fraction of sp³-hybridized carbons (Fsp3) is 0.636. The molecule has 3 rings (SSSR count). The minimum absolute atomic E-state index is 0.193. The Morgan fingerprint density at radius 1 is 1.14 bits per heavy atom. The van der Waals surface area contributed by atoms with Gasteiger partial charge in [0, 0.05) is 39.3 Å². The van der Waals surface area contributed by atoms with Crippen molar-refractivity contribution < 1.29 is 19.3 Å². The van der Waals surface area contributed by atoms with Crippen molar-refractivity contribution in [2.45, 2.75) is 45.1 Å². The topological polar surface area (TPSA) is 54.4 Å². The third kappa shape index (κ3) is 6.21. The lowest BCUT2D eigenvalue weighted by molar-refractivity contribution is -0.0787. The summed E-state index contributed by atoms with van der Waals surface area (Å²) < 4.78 is 17.1. The molecule has 1 N–H and O–H groups in total. The first-order valence-corrected chi connectivity index (χ1v) is 10.3. The summed E-state index contributed by atoms with van der Waals surface area (Å²) in [4.78, 5) is 4.64. The van der Waals surface area contributed by atoms with Crippen molar-refractivity contribution in [3.05, 3.63) is 35.9 Å². The van der Waals surface area contributed by atoms with E-state index >= 15 is 0 Å². The Morgan fingerprint density at radius 2 is 1.93 bits per heavy atom. The largest absolute Gasteiger partial charge is 0.493 e. The first kappa shape index (κ1) is 21.1. The summed E-state index contributed by atoms with van der Waals surface area (Å²) in [6.45, 7) is 9.59. The molecule has 0 saturated carbocycles. The Bertz CT molecular complexity index is 641. The molecular weight excluding hydrogens is 356 g/mol. The van der Waals surface area contributed by atoms with Crippen LogP contribution < -0.4 is 9.47 Å². The zero-order chi connectivity index (χ0) is 19.9. The highest BCUT2D eigenvalue weighted by Crippen LogP contribution is 2.29. The molecular formula is C22H34N2O4. The molecule has 0 bridgehead atoms. The second-order valence-corrected chi connectivity index (χ2v) is 7.92. The maximum absolute atomic E-state index is 10.5. The molecule has 0 aliphatic carbocycles. The van der Waals surface area contributed by atoms with Gasteiger partial charge >= 0.3 is 0 Å². The fourth-order valence-corrected chi connectivity index (χ4v) is 3.99. The SMILES string of the molecule is COc1ccc(CN2CC=CCC2)cc1OCC(O)CN1C[C@@H](C)O[C@@H](C)C1. The standard InChI is InChI=1S/C22H34N2O4/c1-17-12-24(13-18(2)28-17)15-20(25)16-27-22-11-19(7-8-21(22)26-3)14-23-9-5-4-6-10-23/h4-5,7-8,11,17-18,20,25H,6,9-10,12-16H2,1-3H3/t17-,18+,20?. The molecule has 156 valence electrons. The number of aliphatic hydroxyl groups is 1. The number of β-amino-alcohol motifs (C(OH)–C–C–N with tert-alkyl or cyclic N) is 1. The Balaban J connectivity index is 1.54. The summed E-state index contributed by atoms with van der Waals surface area (Å²) in [7, 11) is 1.64. The average Bonchev–Trinajstić information content (AvgIpc) is 2.66. The monoisotopic (exact) mass is 390 g/mol. The molecule has 3 atom stereocenters. The second kappa shape index (κ2) is 10.3. The molecule has 2 aliphatic rings. The molecule has 0 spiro atoms. The summed E-state index contributed by atoms with van der Waals surface area (Å²) in [5, 5.41) is 10.5. The molecule has 0 amide bonds. The fourth-order valence-electron chi connectivity index (χ4n) is 3.99. The van der Waals surface area contributed by atoms with Gasteiger partial charge in [-0.2, -0.15) is 0 Å². The van der Waals surface area contributed by atoms with Crippen LogP contribution >= 0.6 is 0 Å². The zero-order valence-electron chi connectivity index (χ0n) is 17.3. The van der Waals surface area contributed by atoms with Gasteiger partial charge in [0.2, 0.25) is 0 Å². The number of rotatable bonds is 8. The van der Waals surface area contributed by atoms with E-state index in [0.717, 1.165) is 39.1 Å². The smallest absolute Gasteiger partial charge is 0.161 e. The highest BCUT2D eigenvalue weighted by molar-refractivity contribution is 5.43. The van der Waals surface area contributed by atoms with Crippen LogP contribution in [-0.2, 0) is 11.3 Å². The van der Waals surface area contributed by atoms with Gasteiger partial charge in [-0.3, -0.25) is 9.80 Å². The first-order chi connectivity index (χ1) is 13.5. The highest BCUT2D eigenvalue weighted by Gasteiger charge is 2.24. The van der Waals surface area contributed by atoms with E-state index in [1.54, 1.807) is 7.11 Å². The van der Waals surface area contributed by atoms with E-state index in [4.69, 9.17) is 14.2 Å². The van der Waals surface area contributed by atoms with E-state index in [0.29, 0.717) is 18.0 Å². The molecule has 1 fully saturated rings. The van der Waals surface area contributed by atoms with Crippen LogP contribution in [0.3, 0.4) is 0 Å². The first-order valence-electron chi connectivity index (χ1n) is 10.3. The maximum Gasteiger partial charge on any atom is 0.161 e. The lowest BCUT2D eigenvalue weighted by Gasteiger charge is -2.36. The van der Waals surface area contributed by atoms with Crippen LogP contribution in [0.15, 0.2) is 30.4 Å². The van der Waals surface area contributed by atoms with Crippen LogP contribution in [0.25, 0.3) is 0 Å². The van der Waals surface area contributed by atoms with Crippen molar-refractivity contribution in [1.29, 1.82) is 0 Å². The van der Waals surface area contributed by atoms with Crippen LogP contribution in [0, 0.1) is 0 Å². The van der Waals surface area contributed by atoms with E-state index in [1.165, 1.54) is 5.56 Å². The van der Waals surface area contributed by atoms with Gasteiger partial charge in [0.15, 0.2) is 11.5 Å². The van der Waals surface area contributed by atoms with E-state index in [1.807, 2.05) is 12.1 Å². The molecule has 0 radical (unpaired) electrons. The molecule has 28 heavy (non-hydrogen) atoms. The number of hydrogen-bond acceptors (Lipinski definition) is 6. The molecule has 6 heteroatoms. The van der Waals surface area contributed by atoms with Crippen molar-refractivity contribution in [2.24, 2.45) is 0 Å². The number of morpholine rings is 1. The van der Waals surface area contributed by atoms with Gasteiger partial charge in [0.1, 0.15) is 12.7 Å². The summed E-state index contributed by atoms with van der Waals surface area (Å²) in [6, 6.07) is 6.06. The lowest BCUT2D eigenvalue weighted by atomic mass is 10.1. The number of ether oxygens (including phenoxy) is 3. The zero-order valence-corrected chi connectivity index (χ0v) is 17.3. The van der Waals surface area contributed by atoms with Gasteiger partial charge in [-0.25, -0.2) is 0 Å². The van der Waals surface area contributed by atoms with Crippen molar-refractivity contribution in [2.75, 3.05) is 46.4 Å². The lowest BCUT2D eigenvalue weighted by Crippen LogP contribution is -2.48. The summed E-state index contributed by atoms with van der Waals surface area (Å²) >= 11 is 0. The van der Waals surface area contributed by atoms with Crippen LogP contribution in [0.1, 0.15) is 25.8 Å². The van der Waals surface area contributed by atoms with Crippen LogP contribution in [-0.4, -0.2) is 79.7 Å². The Hall–Kier alpha value is -1.60. The van der Waals surface area contributed by atoms with Gasteiger partial charge in [-0.15, -0.1) is 0 Å². The normalized spacial score (nSPS) is 24.9. The number of hydrogen-bond donors (Lipinski definition) is 1. The number of methoxy groups -OCH3 is 1. The Morgan fingerprint density at radius 3 is 2.61 bits per heavy atom. The van der Waals surface area contributed by atoms with Crippen LogP contribution in [0.4, 0.5) is 0 Å². The maximum atomic E-state index is 10.5. The predicted octanol–water partition coefficient (Wildman–Crippen LogP) is 2.31. The van der Waals surface area contributed by atoms with Gasteiger partial charge in [-0.05, 0) is 38.0 Å². The van der Waals surface area contributed by atoms with Crippen molar-refractivity contribution >= 4 is 0 Å². The minimum atomic E-state index is -0.557. The van der Waals surface area contributed by atoms with Crippen molar-refractivity contribution in [1.82, 2.24) is 9.80 Å². The summed E-state index contributed by atoms with van der Waals surface area (Å²) in [5.74, 6) is 1.39. The average molecular weight is 391 g/mol. The molecule has 0 aromatic heterocycles. The third-order valence-corrected chi connectivity index (χ3v) is 5.17. The van der Waals surface area contributed by atoms with Crippen LogP contribution in [0.5, 0.6) is 11.5 Å². The van der Waals surface area contributed by atoms with Crippen LogP contribution in [0.2, 0.25) is 0 Å². The van der Waals surface area contributed by atoms with Gasteiger partial charge in [0.25, 0.3) is 0 Å². The quantitative estimate of drug-likeness (QED) is 0.688. The Labute approximate surface area is 168 Å².